The number of hydrogen-bond donors (Lipinski definition) is 1. The third-order valence-corrected chi connectivity index (χ3v) is 4.79. The van der Waals surface area contributed by atoms with E-state index >= 15 is 0 Å². The Morgan fingerprint density at radius 2 is 1.96 bits per heavy atom. The summed E-state index contributed by atoms with van der Waals surface area (Å²) in [7, 11) is 0. The minimum absolute atomic E-state index is 0.0189. The first kappa shape index (κ1) is 17.3. The summed E-state index contributed by atoms with van der Waals surface area (Å²) < 4.78 is 13.0. The molecule has 0 radical (unpaired) electrons. The molecular formula is C18H20FN3O3. The van der Waals surface area contributed by atoms with Gasteiger partial charge in [-0.15, -0.1) is 0 Å². The van der Waals surface area contributed by atoms with E-state index in [1.54, 1.807) is 25.1 Å². The molecule has 0 saturated carbocycles. The number of anilines is 1. The van der Waals surface area contributed by atoms with E-state index < -0.39 is 11.0 Å². The van der Waals surface area contributed by atoms with Gasteiger partial charge in [0.05, 0.1) is 11.0 Å². The smallest absolute Gasteiger partial charge is 0.290 e. The van der Waals surface area contributed by atoms with Crippen LogP contribution in [0.2, 0.25) is 0 Å². The number of aromatic nitrogens is 1. The van der Waals surface area contributed by atoms with Gasteiger partial charge < -0.3 is 10.0 Å². The molecule has 2 aromatic rings. The van der Waals surface area contributed by atoms with Crippen molar-refractivity contribution in [3.63, 3.8) is 0 Å². The number of pyridine rings is 1. The Morgan fingerprint density at radius 1 is 1.32 bits per heavy atom. The summed E-state index contributed by atoms with van der Waals surface area (Å²) in [5, 5.41) is 21.4. The van der Waals surface area contributed by atoms with Crippen molar-refractivity contribution in [3.8, 4) is 0 Å². The Hall–Kier alpha value is -2.54. The topological polar surface area (TPSA) is 79.5 Å². The number of rotatable bonds is 4. The molecule has 132 valence electrons. The highest BCUT2D eigenvalue weighted by atomic mass is 19.1. The quantitative estimate of drug-likeness (QED) is 0.679. The number of aryl methyl sites for hydroxylation is 1. The number of nitrogens with zero attached hydrogens (tertiary/aromatic N) is 3. The molecule has 0 bridgehead atoms. The minimum Gasteiger partial charge on any atom is -0.388 e. The summed E-state index contributed by atoms with van der Waals surface area (Å²) in [4.78, 5) is 16.7. The molecule has 1 aliphatic heterocycles. The number of aliphatic hydroxyl groups excluding tert-OH is 1. The Bertz CT molecular complexity index is 759. The predicted molar refractivity (Wildman–Crippen MR) is 91.9 cm³/mol. The molecule has 0 aliphatic carbocycles. The average molecular weight is 345 g/mol. The first-order valence-corrected chi connectivity index (χ1v) is 8.25. The Kier molecular flexibility index (Phi) is 4.94. The van der Waals surface area contributed by atoms with E-state index in [1.165, 1.54) is 18.3 Å². The maximum atomic E-state index is 13.0. The van der Waals surface area contributed by atoms with E-state index in [0.717, 1.165) is 24.2 Å². The van der Waals surface area contributed by atoms with Crippen LogP contribution < -0.4 is 4.90 Å². The molecular weight excluding hydrogens is 325 g/mol. The number of piperidine rings is 1. The fourth-order valence-electron chi connectivity index (χ4n) is 3.27. The van der Waals surface area contributed by atoms with Crippen LogP contribution in [0.25, 0.3) is 0 Å². The van der Waals surface area contributed by atoms with Crippen LogP contribution in [0.5, 0.6) is 0 Å². The van der Waals surface area contributed by atoms with Crippen molar-refractivity contribution in [2.75, 3.05) is 18.0 Å². The second-order valence-electron chi connectivity index (χ2n) is 6.41. The molecule has 1 N–H and O–H groups in total. The summed E-state index contributed by atoms with van der Waals surface area (Å²) in [5.74, 6) is 0.504. The monoisotopic (exact) mass is 345 g/mol. The highest BCUT2D eigenvalue weighted by molar-refractivity contribution is 5.48. The van der Waals surface area contributed by atoms with Crippen LogP contribution in [0, 0.1) is 28.8 Å². The molecule has 6 nitrogen and oxygen atoms in total. The fraction of sp³-hybridized carbons (Fsp3) is 0.389. The first-order chi connectivity index (χ1) is 12.0. The highest BCUT2D eigenvalue weighted by Crippen LogP contribution is 2.32. The van der Waals surface area contributed by atoms with Gasteiger partial charge >= 0.3 is 0 Å². The zero-order valence-corrected chi connectivity index (χ0v) is 13.9. The van der Waals surface area contributed by atoms with Gasteiger partial charge in [-0.1, -0.05) is 12.1 Å². The van der Waals surface area contributed by atoms with E-state index in [-0.39, 0.29) is 17.4 Å². The van der Waals surface area contributed by atoms with Crippen LogP contribution in [0.15, 0.2) is 36.5 Å². The van der Waals surface area contributed by atoms with E-state index in [4.69, 9.17) is 0 Å². The second-order valence-corrected chi connectivity index (χ2v) is 6.41. The second kappa shape index (κ2) is 7.14. The van der Waals surface area contributed by atoms with E-state index in [1.807, 2.05) is 0 Å². The molecule has 1 aromatic carbocycles. The standard InChI is InChI=1S/C18H20FN3O3/c1-12-10-17(20-11-16(12)22(24)25)21-8-6-14(7-9-21)18(23)13-2-4-15(19)5-3-13/h2-5,10-11,14,18,23H,6-9H2,1H3. The Balaban J connectivity index is 1.64. The van der Waals surface area contributed by atoms with Crippen molar-refractivity contribution in [2.24, 2.45) is 5.92 Å². The normalized spacial score (nSPS) is 16.7. The van der Waals surface area contributed by atoms with Crippen LogP contribution in [-0.4, -0.2) is 28.1 Å². The molecule has 2 heterocycles. The highest BCUT2D eigenvalue weighted by Gasteiger charge is 2.27. The van der Waals surface area contributed by atoms with Gasteiger partial charge in [-0.3, -0.25) is 10.1 Å². The maximum absolute atomic E-state index is 13.0. The molecule has 1 aliphatic rings. The molecule has 25 heavy (non-hydrogen) atoms. The lowest BCUT2D eigenvalue weighted by Gasteiger charge is -2.35. The van der Waals surface area contributed by atoms with Crippen molar-refractivity contribution in [1.29, 1.82) is 0 Å². The van der Waals surface area contributed by atoms with Crippen LogP contribution in [0.1, 0.15) is 30.1 Å². The van der Waals surface area contributed by atoms with Gasteiger partial charge in [0.15, 0.2) is 0 Å². The zero-order chi connectivity index (χ0) is 18.0. The Labute approximate surface area is 145 Å². The summed E-state index contributed by atoms with van der Waals surface area (Å²) >= 11 is 0. The zero-order valence-electron chi connectivity index (χ0n) is 13.9. The van der Waals surface area contributed by atoms with Crippen molar-refractivity contribution in [2.45, 2.75) is 25.9 Å². The largest absolute Gasteiger partial charge is 0.388 e. The number of benzene rings is 1. The Morgan fingerprint density at radius 3 is 2.52 bits per heavy atom. The molecule has 3 rings (SSSR count). The van der Waals surface area contributed by atoms with Crippen molar-refractivity contribution >= 4 is 11.5 Å². The minimum atomic E-state index is -0.616. The summed E-state index contributed by atoms with van der Waals surface area (Å²) in [5.41, 5.74) is 1.33. The number of aliphatic hydroxyl groups is 1. The number of halogens is 1. The van der Waals surface area contributed by atoms with E-state index in [2.05, 4.69) is 9.88 Å². The van der Waals surface area contributed by atoms with Crippen molar-refractivity contribution in [1.82, 2.24) is 4.98 Å². The average Bonchev–Trinajstić information content (AvgIpc) is 2.61. The van der Waals surface area contributed by atoms with Crippen LogP contribution >= 0.6 is 0 Å². The number of nitro groups is 1. The lowest BCUT2D eigenvalue weighted by Crippen LogP contribution is -2.36. The van der Waals surface area contributed by atoms with Gasteiger partial charge in [0.25, 0.3) is 5.69 Å². The van der Waals surface area contributed by atoms with Gasteiger partial charge in [-0.2, -0.15) is 0 Å². The van der Waals surface area contributed by atoms with E-state index in [9.17, 15) is 19.6 Å². The van der Waals surface area contributed by atoms with Gasteiger partial charge in [-0.05, 0) is 49.4 Å². The number of hydrogen-bond acceptors (Lipinski definition) is 5. The van der Waals surface area contributed by atoms with Crippen molar-refractivity contribution < 1.29 is 14.4 Å². The van der Waals surface area contributed by atoms with Gasteiger partial charge in [0, 0.05) is 18.7 Å². The van der Waals surface area contributed by atoms with Gasteiger partial charge in [-0.25, -0.2) is 9.37 Å². The maximum Gasteiger partial charge on any atom is 0.290 e. The molecule has 1 aromatic heterocycles. The van der Waals surface area contributed by atoms with E-state index in [0.29, 0.717) is 18.7 Å². The molecule has 1 unspecified atom stereocenters. The van der Waals surface area contributed by atoms with Crippen LogP contribution in [-0.2, 0) is 0 Å². The third-order valence-electron chi connectivity index (χ3n) is 4.79. The third kappa shape index (κ3) is 3.76. The predicted octanol–water partition coefficient (Wildman–Crippen LogP) is 3.39. The lowest BCUT2D eigenvalue weighted by molar-refractivity contribution is -0.385. The van der Waals surface area contributed by atoms with Gasteiger partial charge in [0.1, 0.15) is 17.8 Å². The first-order valence-electron chi connectivity index (χ1n) is 8.25. The molecule has 1 saturated heterocycles. The lowest BCUT2D eigenvalue weighted by atomic mass is 9.87. The summed E-state index contributed by atoms with van der Waals surface area (Å²) in [6.45, 7) is 3.13. The summed E-state index contributed by atoms with van der Waals surface area (Å²) in [6, 6.07) is 7.69. The fourth-order valence-corrected chi connectivity index (χ4v) is 3.27. The van der Waals surface area contributed by atoms with Gasteiger partial charge in [0.2, 0.25) is 0 Å². The molecule has 0 amide bonds. The molecule has 7 heteroatoms. The molecule has 0 spiro atoms. The molecule has 1 fully saturated rings. The van der Waals surface area contributed by atoms with Crippen LogP contribution in [0.3, 0.4) is 0 Å². The van der Waals surface area contributed by atoms with Crippen molar-refractivity contribution in [3.05, 3.63) is 63.6 Å². The summed E-state index contributed by atoms with van der Waals surface area (Å²) in [6.07, 6.45) is 2.23. The SMILES string of the molecule is Cc1cc(N2CCC(C(O)c3ccc(F)cc3)CC2)ncc1[N+](=O)[O-]. The molecule has 1 atom stereocenters. The van der Waals surface area contributed by atoms with Crippen LogP contribution in [0.4, 0.5) is 15.9 Å².